The van der Waals surface area contributed by atoms with Crippen LogP contribution in [0, 0.1) is 17.8 Å². The first-order chi connectivity index (χ1) is 23.2. The molecule has 14 nitrogen and oxygen atoms in total. The topological polar surface area (TPSA) is 185 Å². The van der Waals surface area contributed by atoms with Gasteiger partial charge in [-0.05, 0) is 36.6 Å². The molecule has 7 atom stereocenters. The average molecular weight is 694 g/mol. The number of nitrogens with one attached hydrogen (secondary N) is 2. The first-order valence-electron chi connectivity index (χ1n) is 15.9. The van der Waals surface area contributed by atoms with Gasteiger partial charge in [-0.2, -0.15) is 15.1 Å². The lowest BCUT2D eigenvalue weighted by molar-refractivity contribution is -0.148. The van der Waals surface area contributed by atoms with Gasteiger partial charge in [0.15, 0.2) is 28.8 Å². The number of ether oxygens (including phenoxy) is 2. The molecule has 2 aromatic heterocycles. The molecule has 3 fully saturated rings. The van der Waals surface area contributed by atoms with Crippen LogP contribution < -0.4 is 20.7 Å². The number of halogens is 1. The summed E-state index contributed by atoms with van der Waals surface area (Å²) in [6.07, 6.45) is 4.35. The molecule has 0 radical (unpaired) electrons. The normalized spacial score (nSPS) is 28.0. The Balaban J connectivity index is 1.18. The number of alkyl halides is 1. The van der Waals surface area contributed by atoms with Gasteiger partial charge in [-0.1, -0.05) is 63.1 Å². The molecule has 49 heavy (non-hydrogen) atoms. The van der Waals surface area contributed by atoms with Gasteiger partial charge in [-0.25, -0.2) is 13.9 Å². The van der Waals surface area contributed by atoms with Gasteiger partial charge in [0.1, 0.15) is 24.0 Å². The van der Waals surface area contributed by atoms with E-state index in [2.05, 4.69) is 25.4 Å². The fourth-order valence-corrected chi connectivity index (χ4v) is 7.60. The van der Waals surface area contributed by atoms with Crippen LogP contribution in [0.5, 0.6) is 5.75 Å². The molecule has 7 rings (SSSR count). The van der Waals surface area contributed by atoms with Gasteiger partial charge in [-0.15, -0.1) is 6.42 Å². The molecule has 5 N–H and O–H groups in total. The quantitative estimate of drug-likeness (QED) is 0.0994. The number of rotatable bonds is 11. The monoisotopic (exact) mass is 693 g/mol. The number of terminal acetylenes is 1. The molecule has 258 valence electrons. The average Bonchev–Trinajstić information content (AvgIpc) is 3.89. The molecular formula is C33H37FN7O7P. The Morgan fingerprint density at radius 3 is 2.71 bits per heavy atom. The molecule has 16 heteroatoms. The molecule has 4 aromatic rings. The number of hydrogen-bond acceptors (Lipinski definition) is 12. The van der Waals surface area contributed by atoms with E-state index >= 15 is 4.39 Å². The van der Waals surface area contributed by atoms with Crippen molar-refractivity contribution in [3.05, 3.63) is 48.8 Å². The Morgan fingerprint density at radius 2 is 2.00 bits per heavy atom. The summed E-state index contributed by atoms with van der Waals surface area (Å²) in [7, 11) is -4.61. The van der Waals surface area contributed by atoms with Crippen LogP contribution in [0.15, 0.2) is 48.8 Å². The molecule has 0 spiro atoms. The molecule has 2 saturated carbocycles. The van der Waals surface area contributed by atoms with E-state index in [9.17, 15) is 14.5 Å². The summed E-state index contributed by atoms with van der Waals surface area (Å²) in [5.74, 6) is 1.77. The largest absolute Gasteiger partial charge is 0.464 e. The Kier molecular flexibility index (Phi) is 7.88. The van der Waals surface area contributed by atoms with E-state index in [1.807, 2.05) is 44.9 Å². The number of esters is 1. The van der Waals surface area contributed by atoms with Crippen LogP contribution in [0.2, 0.25) is 0 Å². The van der Waals surface area contributed by atoms with E-state index in [1.165, 1.54) is 17.8 Å². The van der Waals surface area contributed by atoms with Gasteiger partial charge in [0.05, 0.1) is 12.9 Å². The highest BCUT2D eigenvalue weighted by Crippen LogP contribution is 2.66. The summed E-state index contributed by atoms with van der Waals surface area (Å²) in [5.41, 5.74) is 0.678. The highest BCUT2D eigenvalue weighted by molar-refractivity contribution is 7.52. The van der Waals surface area contributed by atoms with E-state index in [-0.39, 0.29) is 35.4 Å². The number of carbonyl (C=O) groups is 1. The minimum Gasteiger partial charge on any atom is -0.464 e. The lowest BCUT2D eigenvalue weighted by atomic mass is 9.96. The lowest BCUT2D eigenvalue weighted by Crippen LogP contribution is -2.47. The van der Waals surface area contributed by atoms with E-state index in [1.54, 1.807) is 24.3 Å². The van der Waals surface area contributed by atoms with Crippen molar-refractivity contribution in [2.24, 2.45) is 5.41 Å². The Labute approximate surface area is 281 Å². The zero-order chi connectivity index (χ0) is 34.9. The molecule has 3 heterocycles. The highest BCUT2D eigenvalue weighted by Gasteiger charge is 2.87. The van der Waals surface area contributed by atoms with Gasteiger partial charge in [-0.3, -0.25) is 13.9 Å². The van der Waals surface area contributed by atoms with Crippen molar-refractivity contribution in [1.29, 1.82) is 0 Å². The fraction of sp³-hybridized carbons (Fsp3) is 0.455. The van der Waals surface area contributed by atoms with Crippen LogP contribution in [-0.4, -0.2) is 72.8 Å². The SMILES string of the molecule is C#C[C@]1(F)[C@H](n2cnc3c(NC4CC4)nc(N)nc32)O[C@@H]2C(O[P@@](=O)(N[C@@H](C)C(=O)OCC(C)(C)C)Oc3cccc4ccccc34)[C@@]21O. The third-order valence-electron chi connectivity index (χ3n) is 8.62. The van der Waals surface area contributed by atoms with Crippen molar-refractivity contribution >= 4 is 47.4 Å². The van der Waals surface area contributed by atoms with Crippen molar-refractivity contribution in [2.45, 2.75) is 82.3 Å². The minimum absolute atomic E-state index is 0.0848. The fourth-order valence-electron chi connectivity index (χ4n) is 5.88. The molecule has 0 amide bonds. The molecule has 1 saturated heterocycles. The number of carbonyl (C=O) groups excluding carboxylic acids is 1. The second-order valence-corrected chi connectivity index (χ2v) is 15.5. The summed E-state index contributed by atoms with van der Waals surface area (Å²) in [4.78, 5) is 25.7. The summed E-state index contributed by atoms with van der Waals surface area (Å²) in [6, 6.07) is 11.3. The van der Waals surface area contributed by atoms with Crippen LogP contribution in [0.25, 0.3) is 21.9 Å². The van der Waals surface area contributed by atoms with E-state index in [0.717, 1.165) is 18.2 Å². The number of benzene rings is 2. The predicted molar refractivity (Wildman–Crippen MR) is 178 cm³/mol. The number of nitrogens with zero attached hydrogens (tertiary/aromatic N) is 4. The first kappa shape index (κ1) is 33.2. The highest BCUT2D eigenvalue weighted by atomic mass is 31.2. The van der Waals surface area contributed by atoms with Crippen molar-refractivity contribution in [3.63, 3.8) is 0 Å². The van der Waals surface area contributed by atoms with Gasteiger partial charge in [0, 0.05) is 11.4 Å². The predicted octanol–water partition coefficient (Wildman–Crippen LogP) is 4.26. The van der Waals surface area contributed by atoms with Gasteiger partial charge < -0.3 is 30.2 Å². The second-order valence-electron chi connectivity index (χ2n) is 13.9. The maximum atomic E-state index is 17.0. The summed E-state index contributed by atoms with van der Waals surface area (Å²) in [5, 5.41) is 19.0. The third-order valence-corrected chi connectivity index (χ3v) is 10.3. The number of nitrogen functional groups attached to an aromatic ring is 1. The molecule has 3 aliphatic rings. The van der Waals surface area contributed by atoms with E-state index < -0.39 is 49.5 Å². The lowest BCUT2D eigenvalue weighted by Gasteiger charge is -2.31. The molecule has 1 aliphatic heterocycles. The number of aliphatic hydroxyl groups is 1. The van der Waals surface area contributed by atoms with Crippen molar-refractivity contribution in [1.82, 2.24) is 24.6 Å². The Bertz CT molecular complexity index is 2040. The summed E-state index contributed by atoms with van der Waals surface area (Å²) >= 11 is 0. The Morgan fingerprint density at radius 1 is 1.27 bits per heavy atom. The Hall–Kier alpha value is -4.32. The van der Waals surface area contributed by atoms with Crippen LogP contribution in [-0.2, 0) is 23.4 Å². The van der Waals surface area contributed by atoms with Crippen molar-refractivity contribution in [3.8, 4) is 18.1 Å². The molecule has 0 bridgehead atoms. The zero-order valence-electron chi connectivity index (χ0n) is 27.3. The number of fused-ring (bicyclic) bond motifs is 3. The van der Waals surface area contributed by atoms with E-state index in [4.69, 9.17) is 30.7 Å². The van der Waals surface area contributed by atoms with Crippen LogP contribution >= 0.6 is 7.75 Å². The van der Waals surface area contributed by atoms with Crippen LogP contribution in [0.3, 0.4) is 0 Å². The van der Waals surface area contributed by atoms with Crippen molar-refractivity contribution in [2.75, 3.05) is 17.7 Å². The molecule has 2 aliphatic carbocycles. The van der Waals surface area contributed by atoms with Crippen molar-refractivity contribution < 1.29 is 37.4 Å². The number of anilines is 2. The van der Waals surface area contributed by atoms with Gasteiger partial charge >= 0.3 is 13.7 Å². The maximum absolute atomic E-state index is 17.0. The molecule has 1 unspecified atom stereocenters. The maximum Gasteiger partial charge on any atom is 0.459 e. The van der Waals surface area contributed by atoms with Gasteiger partial charge in [0.25, 0.3) is 0 Å². The number of nitrogens with two attached hydrogens (primary N) is 1. The number of imidazole rings is 1. The minimum atomic E-state index is -4.61. The number of hydrogen-bond donors (Lipinski definition) is 4. The van der Waals surface area contributed by atoms with E-state index in [0.29, 0.717) is 16.7 Å². The molecular weight excluding hydrogens is 656 g/mol. The number of aromatic nitrogens is 4. The van der Waals surface area contributed by atoms with Crippen LogP contribution in [0.4, 0.5) is 16.2 Å². The summed E-state index contributed by atoms with van der Waals surface area (Å²) < 4.78 is 56.1. The van der Waals surface area contributed by atoms with Gasteiger partial charge in [0.2, 0.25) is 11.6 Å². The second kappa shape index (κ2) is 11.6. The zero-order valence-corrected chi connectivity index (χ0v) is 28.2. The standard InChI is InChI=1S/C33H37FN7O7P/c1-6-32(34)29(41-17-36-23-26(37-20-14-15-20)38-30(35)39-27(23)41)46-24-25(33(24,32)43)48-49(44,40-18(2)28(42)45-16-31(3,4)5)47-22-13-9-11-19-10-7-8-12-21(19)22/h1,7-13,17-18,20,24-25,29,43H,14-16H2,2-5H3,(H,40,44)(H3,35,37,38,39)/t18-,24+,25?,29+,32-,33-,49+/m0/s1. The third kappa shape index (κ3) is 5.87. The summed E-state index contributed by atoms with van der Waals surface area (Å²) in [6.45, 7) is 7.19. The first-order valence-corrected chi connectivity index (χ1v) is 17.4. The smallest absolute Gasteiger partial charge is 0.459 e. The molecule has 2 aromatic carbocycles. The van der Waals surface area contributed by atoms with Crippen LogP contribution in [0.1, 0.15) is 46.8 Å².